The zero-order valence-corrected chi connectivity index (χ0v) is 13.4. The van der Waals surface area contributed by atoms with Crippen LogP contribution in [0.1, 0.15) is 45.4 Å². The van der Waals surface area contributed by atoms with Crippen LogP contribution >= 0.6 is 0 Å². The molecule has 0 bridgehead atoms. The summed E-state index contributed by atoms with van der Waals surface area (Å²) in [6.07, 6.45) is 5.47. The van der Waals surface area contributed by atoms with Crippen LogP contribution in [0.15, 0.2) is 0 Å². The SMILES string of the molecule is CCCC(=O)N1CCCC1C(=O)N1CCCC(CNC)C1. The van der Waals surface area contributed by atoms with E-state index in [9.17, 15) is 9.59 Å². The van der Waals surface area contributed by atoms with Gasteiger partial charge in [0.15, 0.2) is 0 Å². The number of rotatable bonds is 5. The normalized spacial score (nSPS) is 26.2. The molecule has 0 aromatic rings. The maximum Gasteiger partial charge on any atom is 0.245 e. The molecule has 0 spiro atoms. The van der Waals surface area contributed by atoms with E-state index in [0.717, 1.165) is 51.9 Å². The molecule has 0 aromatic heterocycles. The number of nitrogens with one attached hydrogen (secondary N) is 1. The van der Waals surface area contributed by atoms with Crippen molar-refractivity contribution in [2.75, 3.05) is 33.2 Å². The minimum absolute atomic E-state index is 0.150. The molecule has 2 amide bonds. The lowest BCUT2D eigenvalue weighted by Gasteiger charge is -2.36. The quantitative estimate of drug-likeness (QED) is 0.830. The van der Waals surface area contributed by atoms with Crippen LogP contribution in [0.3, 0.4) is 0 Å². The molecule has 2 atom stereocenters. The zero-order valence-electron chi connectivity index (χ0n) is 13.4. The third-order valence-corrected chi connectivity index (χ3v) is 4.65. The third-order valence-electron chi connectivity index (χ3n) is 4.65. The van der Waals surface area contributed by atoms with E-state index < -0.39 is 0 Å². The fourth-order valence-electron chi connectivity index (χ4n) is 3.61. The number of carbonyl (C=O) groups is 2. The van der Waals surface area contributed by atoms with Gasteiger partial charge in [0.1, 0.15) is 6.04 Å². The molecule has 0 radical (unpaired) electrons. The Balaban J connectivity index is 1.96. The molecule has 0 saturated carbocycles. The molecule has 21 heavy (non-hydrogen) atoms. The summed E-state index contributed by atoms with van der Waals surface area (Å²) in [6.45, 7) is 5.42. The van der Waals surface area contributed by atoms with Crippen LogP contribution in [-0.2, 0) is 9.59 Å². The minimum atomic E-state index is -0.197. The van der Waals surface area contributed by atoms with E-state index >= 15 is 0 Å². The van der Waals surface area contributed by atoms with E-state index in [1.807, 2.05) is 23.8 Å². The van der Waals surface area contributed by atoms with Gasteiger partial charge in [0.2, 0.25) is 11.8 Å². The number of hydrogen-bond donors (Lipinski definition) is 1. The highest BCUT2D eigenvalue weighted by Crippen LogP contribution is 2.24. The zero-order chi connectivity index (χ0) is 15.2. The molecule has 0 aromatic carbocycles. The fraction of sp³-hybridized carbons (Fsp3) is 0.875. The topological polar surface area (TPSA) is 52.7 Å². The maximum absolute atomic E-state index is 12.8. The molecule has 120 valence electrons. The summed E-state index contributed by atoms with van der Waals surface area (Å²) >= 11 is 0. The highest BCUT2D eigenvalue weighted by molar-refractivity contribution is 5.88. The van der Waals surface area contributed by atoms with Gasteiger partial charge < -0.3 is 15.1 Å². The summed E-state index contributed by atoms with van der Waals surface area (Å²) in [5.74, 6) is 0.879. The maximum atomic E-state index is 12.8. The van der Waals surface area contributed by atoms with Gasteiger partial charge in [-0.25, -0.2) is 0 Å². The summed E-state index contributed by atoms with van der Waals surface area (Å²) in [5.41, 5.74) is 0. The Bertz CT molecular complexity index is 371. The number of hydrogen-bond acceptors (Lipinski definition) is 3. The predicted molar refractivity (Wildman–Crippen MR) is 82.9 cm³/mol. The number of likely N-dealkylation sites (tertiary alicyclic amines) is 2. The Morgan fingerprint density at radius 3 is 2.67 bits per heavy atom. The van der Waals surface area contributed by atoms with Crippen molar-refractivity contribution >= 4 is 11.8 Å². The van der Waals surface area contributed by atoms with Gasteiger partial charge in [0.05, 0.1) is 0 Å². The first-order valence-corrected chi connectivity index (χ1v) is 8.40. The predicted octanol–water partition coefficient (Wildman–Crippen LogP) is 1.24. The number of amides is 2. The van der Waals surface area contributed by atoms with Crippen molar-refractivity contribution in [3.8, 4) is 0 Å². The van der Waals surface area contributed by atoms with Crippen LogP contribution in [0.5, 0.6) is 0 Å². The van der Waals surface area contributed by atoms with Gasteiger partial charge in [-0.1, -0.05) is 6.92 Å². The van der Waals surface area contributed by atoms with Crippen LogP contribution in [-0.4, -0.2) is 60.9 Å². The highest BCUT2D eigenvalue weighted by atomic mass is 16.2. The van der Waals surface area contributed by atoms with Crippen LogP contribution in [0.2, 0.25) is 0 Å². The smallest absolute Gasteiger partial charge is 0.245 e. The molecule has 2 saturated heterocycles. The average Bonchev–Trinajstić information content (AvgIpc) is 2.97. The second kappa shape index (κ2) is 7.78. The summed E-state index contributed by atoms with van der Waals surface area (Å²) in [5, 5.41) is 3.21. The van der Waals surface area contributed by atoms with Crippen molar-refractivity contribution in [3.05, 3.63) is 0 Å². The standard InChI is InChI=1S/C16H29N3O2/c1-3-6-15(20)19-10-5-8-14(19)16(21)18-9-4-7-13(12-18)11-17-2/h13-14,17H,3-12H2,1-2H3. The summed E-state index contributed by atoms with van der Waals surface area (Å²) in [6, 6.07) is -0.197. The lowest BCUT2D eigenvalue weighted by molar-refractivity contribution is -0.145. The molecular weight excluding hydrogens is 266 g/mol. The molecule has 5 heteroatoms. The fourth-order valence-corrected chi connectivity index (χ4v) is 3.61. The molecule has 2 aliphatic rings. The van der Waals surface area contributed by atoms with Gasteiger partial charge in [-0.15, -0.1) is 0 Å². The Morgan fingerprint density at radius 2 is 1.95 bits per heavy atom. The first-order valence-electron chi connectivity index (χ1n) is 8.40. The molecule has 0 aliphatic carbocycles. The molecule has 2 heterocycles. The molecule has 2 fully saturated rings. The third kappa shape index (κ3) is 3.96. The van der Waals surface area contributed by atoms with Crippen LogP contribution in [0.4, 0.5) is 0 Å². The van der Waals surface area contributed by atoms with Crippen molar-refractivity contribution in [1.82, 2.24) is 15.1 Å². The first-order chi connectivity index (χ1) is 10.2. The summed E-state index contributed by atoms with van der Waals surface area (Å²) in [7, 11) is 1.96. The van der Waals surface area contributed by atoms with Crippen molar-refractivity contribution in [3.63, 3.8) is 0 Å². The molecular formula is C16H29N3O2. The second-order valence-corrected chi connectivity index (χ2v) is 6.35. The second-order valence-electron chi connectivity index (χ2n) is 6.35. The van der Waals surface area contributed by atoms with Crippen molar-refractivity contribution in [2.45, 2.75) is 51.5 Å². The summed E-state index contributed by atoms with van der Waals surface area (Å²) < 4.78 is 0. The number of piperidine rings is 1. The monoisotopic (exact) mass is 295 g/mol. The van der Waals surface area contributed by atoms with Gasteiger partial charge in [0.25, 0.3) is 0 Å². The van der Waals surface area contributed by atoms with Gasteiger partial charge in [-0.05, 0) is 51.6 Å². The Morgan fingerprint density at radius 1 is 1.19 bits per heavy atom. The largest absolute Gasteiger partial charge is 0.341 e. The van der Waals surface area contributed by atoms with E-state index in [1.54, 1.807) is 0 Å². The van der Waals surface area contributed by atoms with Gasteiger partial charge >= 0.3 is 0 Å². The lowest BCUT2D eigenvalue weighted by atomic mass is 9.97. The van der Waals surface area contributed by atoms with Crippen LogP contribution in [0.25, 0.3) is 0 Å². The molecule has 1 N–H and O–H groups in total. The van der Waals surface area contributed by atoms with Crippen LogP contribution < -0.4 is 5.32 Å². The molecule has 2 aliphatic heterocycles. The Labute approximate surface area is 128 Å². The number of carbonyl (C=O) groups excluding carboxylic acids is 2. The Hall–Kier alpha value is -1.10. The van der Waals surface area contributed by atoms with E-state index in [1.165, 1.54) is 6.42 Å². The van der Waals surface area contributed by atoms with Crippen molar-refractivity contribution in [1.29, 1.82) is 0 Å². The van der Waals surface area contributed by atoms with Crippen molar-refractivity contribution in [2.24, 2.45) is 5.92 Å². The van der Waals surface area contributed by atoms with Crippen LogP contribution in [0, 0.1) is 5.92 Å². The lowest BCUT2D eigenvalue weighted by Crippen LogP contribution is -2.51. The molecule has 2 rings (SSSR count). The molecule has 5 nitrogen and oxygen atoms in total. The van der Waals surface area contributed by atoms with E-state index in [2.05, 4.69) is 5.32 Å². The minimum Gasteiger partial charge on any atom is -0.341 e. The Kier molecular flexibility index (Phi) is 6.03. The average molecular weight is 295 g/mol. The van der Waals surface area contributed by atoms with E-state index in [-0.39, 0.29) is 17.9 Å². The number of nitrogens with zero attached hydrogens (tertiary/aromatic N) is 2. The van der Waals surface area contributed by atoms with E-state index in [4.69, 9.17) is 0 Å². The van der Waals surface area contributed by atoms with Gasteiger partial charge in [0, 0.05) is 26.1 Å². The molecule has 2 unspecified atom stereocenters. The summed E-state index contributed by atoms with van der Waals surface area (Å²) in [4.78, 5) is 28.8. The van der Waals surface area contributed by atoms with Gasteiger partial charge in [-0.2, -0.15) is 0 Å². The van der Waals surface area contributed by atoms with E-state index in [0.29, 0.717) is 12.3 Å². The first kappa shape index (κ1) is 16.3. The highest BCUT2D eigenvalue weighted by Gasteiger charge is 2.37. The van der Waals surface area contributed by atoms with Crippen molar-refractivity contribution < 1.29 is 9.59 Å². The van der Waals surface area contributed by atoms with Gasteiger partial charge in [-0.3, -0.25) is 9.59 Å².